The molecule has 1 aromatic rings. The van der Waals surface area contributed by atoms with Crippen LogP contribution in [0.2, 0.25) is 0 Å². The molecule has 0 aromatic heterocycles. The van der Waals surface area contributed by atoms with Crippen molar-refractivity contribution in [1.82, 2.24) is 10.6 Å². The van der Waals surface area contributed by atoms with Crippen LogP contribution < -0.4 is 10.6 Å². The van der Waals surface area contributed by atoms with E-state index >= 15 is 0 Å². The number of halogens is 1. The number of nitriles is 1. The molecule has 0 aliphatic carbocycles. The van der Waals surface area contributed by atoms with Gasteiger partial charge >= 0.3 is 0 Å². The first-order valence-electron chi connectivity index (χ1n) is 5.76. The molecule has 2 N–H and O–H groups in total. The SMILES string of the molecule is N#CCC(=O)NCCNC(=O)Cc1cccc(Br)c1. The molecule has 0 heterocycles. The Balaban J connectivity index is 2.22. The van der Waals surface area contributed by atoms with Crippen molar-refractivity contribution in [2.24, 2.45) is 0 Å². The lowest BCUT2D eigenvalue weighted by atomic mass is 10.1. The lowest BCUT2D eigenvalue weighted by Gasteiger charge is -2.06. The maximum atomic E-state index is 11.6. The molecule has 0 atom stereocenters. The number of carbonyl (C=O) groups excluding carboxylic acids is 2. The molecule has 2 amide bonds. The normalized spacial score (nSPS) is 9.47. The molecule has 5 nitrogen and oxygen atoms in total. The molecule has 1 rings (SSSR count). The summed E-state index contributed by atoms with van der Waals surface area (Å²) in [5.41, 5.74) is 0.917. The van der Waals surface area contributed by atoms with E-state index in [4.69, 9.17) is 5.26 Å². The number of carbonyl (C=O) groups is 2. The Kier molecular flexibility index (Phi) is 6.61. The van der Waals surface area contributed by atoms with Crippen LogP contribution in [0.5, 0.6) is 0 Å². The highest BCUT2D eigenvalue weighted by molar-refractivity contribution is 9.10. The molecule has 0 bridgehead atoms. The summed E-state index contributed by atoms with van der Waals surface area (Å²) >= 11 is 3.34. The maximum Gasteiger partial charge on any atom is 0.234 e. The van der Waals surface area contributed by atoms with E-state index in [1.165, 1.54) is 0 Å². The van der Waals surface area contributed by atoms with Crippen LogP contribution in [0.25, 0.3) is 0 Å². The number of nitrogens with zero attached hydrogens (tertiary/aromatic N) is 1. The number of nitrogens with one attached hydrogen (secondary N) is 2. The van der Waals surface area contributed by atoms with Gasteiger partial charge in [0.05, 0.1) is 12.5 Å². The van der Waals surface area contributed by atoms with Crippen molar-refractivity contribution in [2.45, 2.75) is 12.8 Å². The zero-order valence-corrected chi connectivity index (χ0v) is 11.9. The summed E-state index contributed by atoms with van der Waals surface area (Å²) in [6.07, 6.45) is 0.136. The summed E-state index contributed by atoms with van der Waals surface area (Å²) in [7, 11) is 0. The number of hydrogen-bond donors (Lipinski definition) is 2. The third kappa shape index (κ3) is 6.58. The second-order valence-corrected chi connectivity index (χ2v) is 4.76. The van der Waals surface area contributed by atoms with Gasteiger partial charge in [-0.25, -0.2) is 0 Å². The van der Waals surface area contributed by atoms with Gasteiger partial charge in [-0.3, -0.25) is 9.59 Å². The Hall–Kier alpha value is -1.87. The number of amides is 2. The molecule has 100 valence electrons. The van der Waals surface area contributed by atoms with Gasteiger partial charge in [-0.1, -0.05) is 28.1 Å². The van der Waals surface area contributed by atoms with Crippen molar-refractivity contribution in [3.05, 3.63) is 34.3 Å². The second-order valence-electron chi connectivity index (χ2n) is 3.84. The van der Waals surface area contributed by atoms with Gasteiger partial charge in [0.1, 0.15) is 6.42 Å². The van der Waals surface area contributed by atoms with Crippen molar-refractivity contribution in [2.75, 3.05) is 13.1 Å². The Bertz CT molecular complexity index is 497. The van der Waals surface area contributed by atoms with E-state index in [-0.39, 0.29) is 18.2 Å². The maximum absolute atomic E-state index is 11.6. The molecule has 0 fully saturated rings. The topological polar surface area (TPSA) is 82.0 Å². The summed E-state index contributed by atoms with van der Waals surface area (Å²) in [6, 6.07) is 9.27. The molecule has 0 spiro atoms. The van der Waals surface area contributed by atoms with Crippen LogP contribution in [0.1, 0.15) is 12.0 Å². The molecule has 0 aliphatic heterocycles. The third-order valence-electron chi connectivity index (χ3n) is 2.26. The molecule has 0 aliphatic rings. The molecule has 0 radical (unpaired) electrons. The van der Waals surface area contributed by atoms with Crippen LogP contribution in [0.15, 0.2) is 28.7 Å². The van der Waals surface area contributed by atoms with E-state index in [1.807, 2.05) is 24.3 Å². The summed E-state index contributed by atoms with van der Waals surface area (Å²) in [5, 5.41) is 13.5. The first-order valence-corrected chi connectivity index (χ1v) is 6.56. The molecule has 0 unspecified atom stereocenters. The van der Waals surface area contributed by atoms with Crippen molar-refractivity contribution in [1.29, 1.82) is 5.26 Å². The van der Waals surface area contributed by atoms with Crippen molar-refractivity contribution < 1.29 is 9.59 Å². The third-order valence-corrected chi connectivity index (χ3v) is 2.76. The molecule has 19 heavy (non-hydrogen) atoms. The van der Waals surface area contributed by atoms with Crippen LogP contribution in [0.4, 0.5) is 0 Å². The van der Waals surface area contributed by atoms with Gasteiger partial charge in [0, 0.05) is 17.6 Å². The zero-order chi connectivity index (χ0) is 14.1. The minimum atomic E-state index is -0.330. The predicted molar refractivity (Wildman–Crippen MR) is 74.1 cm³/mol. The van der Waals surface area contributed by atoms with E-state index < -0.39 is 0 Å². The summed E-state index contributed by atoms with van der Waals surface area (Å²) in [4.78, 5) is 22.6. The Morgan fingerprint density at radius 1 is 1.21 bits per heavy atom. The largest absolute Gasteiger partial charge is 0.354 e. The lowest BCUT2D eigenvalue weighted by Crippen LogP contribution is -2.35. The van der Waals surface area contributed by atoms with Crippen molar-refractivity contribution in [3.8, 4) is 6.07 Å². The first-order chi connectivity index (χ1) is 9.11. The fraction of sp³-hybridized carbons (Fsp3) is 0.308. The number of benzene rings is 1. The predicted octanol–water partition coefficient (Wildman–Crippen LogP) is 1.14. The molecule has 6 heteroatoms. The Labute approximate surface area is 120 Å². The monoisotopic (exact) mass is 323 g/mol. The van der Waals surface area contributed by atoms with Gasteiger partial charge in [0.15, 0.2) is 0 Å². The molecular formula is C13H14BrN3O2. The van der Waals surface area contributed by atoms with E-state index in [9.17, 15) is 9.59 Å². The molecular weight excluding hydrogens is 310 g/mol. The Morgan fingerprint density at radius 3 is 2.53 bits per heavy atom. The second kappa shape index (κ2) is 8.27. The highest BCUT2D eigenvalue weighted by atomic mass is 79.9. The first kappa shape index (κ1) is 15.2. The van der Waals surface area contributed by atoms with Crippen LogP contribution in [0.3, 0.4) is 0 Å². The smallest absolute Gasteiger partial charge is 0.234 e. The van der Waals surface area contributed by atoms with E-state index in [1.54, 1.807) is 6.07 Å². The van der Waals surface area contributed by atoms with Crippen LogP contribution >= 0.6 is 15.9 Å². The van der Waals surface area contributed by atoms with Gasteiger partial charge in [-0.2, -0.15) is 5.26 Å². The quantitative estimate of drug-likeness (QED) is 0.770. The average molecular weight is 324 g/mol. The summed E-state index contributed by atoms with van der Waals surface area (Å²) in [6.45, 7) is 0.675. The van der Waals surface area contributed by atoms with Crippen LogP contribution in [-0.4, -0.2) is 24.9 Å². The van der Waals surface area contributed by atoms with Crippen molar-refractivity contribution in [3.63, 3.8) is 0 Å². The van der Waals surface area contributed by atoms with Gasteiger partial charge in [-0.05, 0) is 17.7 Å². The van der Waals surface area contributed by atoms with Gasteiger partial charge < -0.3 is 10.6 Å². The summed E-state index contributed by atoms with van der Waals surface area (Å²) in [5.74, 6) is -0.434. The minimum absolute atomic E-state index is 0.104. The lowest BCUT2D eigenvalue weighted by molar-refractivity contribution is -0.122. The number of rotatable bonds is 6. The van der Waals surface area contributed by atoms with E-state index in [0.29, 0.717) is 19.5 Å². The summed E-state index contributed by atoms with van der Waals surface area (Å²) < 4.78 is 0.932. The molecule has 0 saturated carbocycles. The van der Waals surface area contributed by atoms with E-state index in [2.05, 4.69) is 26.6 Å². The fourth-order valence-corrected chi connectivity index (χ4v) is 1.88. The van der Waals surface area contributed by atoms with Crippen LogP contribution in [0, 0.1) is 11.3 Å². The zero-order valence-electron chi connectivity index (χ0n) is 10.3. The van der Waals surface area contributed by atoms with Crippen LogP contribution in [-0.2, 0) is 16.0 Å². The molecule has 1 aromatic carbocycles. The average Bonchev–Trinajstić information content (AvgIpc) is 2.35. The standard InChI is InChI=1S/C13H14BrN3O2/c14-11-3-1-2-10(8-11)9-13(19)17-7-6-16-12(18)4-5-15/h1-3,8H,4,6-7,9H2,(H,16,18)(H,17,19). The highest BCUT2D eigenvalue weighted by Crippen LogP contribution is 2.11. The molecule has 0 saturated heterocycles. The highest BCUT2D eigenvalue weighted by Gasteiger charge is 2.03. The Morgan fingerprint density at radius 2 is 1.89 bits per heavy atom. The van der Waals surface area contributed by atoms with E-state index in [0.717, 1.165) is 10.0 Å². The van der Waals surface area contributed by atoms with Gasteiger partial charge in [0.25, 0.3) is 0 Å². The van der Waals surface area contributed by atoms with Crippen molar-refractivity contribution >= 4 is 27.7 Å². The van der Waals surface area contributed by atoms with Gasteiger partial charge in [-0.15, -0.1) is 0 Å². The number of hydrogen-bond acceptors (Lipinski definition) is 3. The fourth-order valence-electron chi connectivity index (χ4n) is 1.43. The van der Waals surface area contributed by atoms with Gasteiger partial charge in [0.2, 0.25) is 11.8 Å². The minimum Gasteiger partial charge on any atom is -0.354 e.